The summed E-state index contributed by atoms with van der Waals surface area (Å²) in [5, 5.41) is 3.30. The van der Waals surface area contributed by atoms with E-state index in [4.69, 9.17) is 0 Å². The average Bonchev–Trinajstić information content (AvgIpc) is 2.46. The molecule has 2 heteroatoms. The van der Waals surface area contributed by atoms with Crippen LogP contribution in [0.1, 0.15) is 12.5 Å². The number of benzene rings is 1. The number of thiophene rings is 1. The molecule has 0 aliphatic rings. The molecule has 0 saturated heterocycles. The van der Waals surface area contributed by atoms with Gasteiger partial charge in [0, 0.05) is 4.70 Å². The van der Waals surface area contributed by atoms with Crippen LogP contribution in [0.15, 0.2) is 23.6 Å². The molecular weight excluding hydrogens is 171 g/mol. The third-order valence-corrected chi connectivity index (χ3v) is 2.99. The molecule has 1 aromatic carbocycles. The fraction of sp³-hybridized carbons (Fsp3) is 0.200. The van der Waals surface area contributed by atoms with E-state index in [1.807, 2.05) is 6.07 Å². The number of hydrogen-bond donors (Lipinski definition) is 0. The van der Waals surface area contributed by atoms with Crippen molar-refractivity contribution in [2.24, 2.45) is 0 Å². The van der Waals surface area contributed by atoms with Crippen molar-refractivity contribution < 1.29 is 4.39 Å². The Bertz CT molecular complexity index is 403. The van der Waals surface area contributed by atoms with Gasteiger partial charge in [0.05, 0.1) is 0 Å². The molecule has 0 amide bonds. The van der Waals surface area contributed by atoms with Gasteiger partial charge in [-0.15, -0.1) is 11.3 Å². The summed E-state index contributed by atoms with van der Waals surface area (Å²) in [5.41, 5.74) is 1.31. The lowest BCUT2D eigenvalue weighted by atomic mass is 10.1. The smallest absolute Gasteiger partial charge is 0.124 e. The lowest BCUT2D eigenvalue weighted by Crippen LogP contribution is -1.76. The van der Waals surface area contributed by atoms with E-state index in [1.165, 1.54) is 17.0 Å². The van der Waals surface area contributed by atoms with Crippen molar-refractivity contribution in [3.8, 4) is 0 Å². The molecule has 0 spiro atoms. The van der Waals surface area contributed by atoms with Crippen LogP contribution >= 0.6 is 11.3 Å². The summed E-state index contributed by atoms with van der Waals surface area (Å²) in [6, 6.07) is 4.98. The largest absolute Gasteiger partial charge is 0.207 e. The van der Waals surface area contributed by atoms with E-state index in [0.717, 1.165) is 11.1 Å². The second-order valence-electron chi connectivity index (χ2n) is 2.75. The molecule has 0 bridgehead atoms. The molecule has 12 heavy (non-hydrogen) atoms. The Morgan fingerprint density at radius 3 is 3.00 bits per heavy atom. The predicted molar refractivity (Wildman–Crippen MR) is 51.2 cm³/mol. The highest BCUT2D eigenvalue weighted by Crippen LogP contribution is 2.26. The second-order valence-corrected chi connectivity index (χ2v) is 3.67. The van der Waals surface area contributed by atoms with Crippen LogP contribution in [0.4, 0.5) is 4.39 Å². The lowest BCUT2D eigenvalue weighted by molar-refractivity contribution is 0.630. The number of halogens is 1. The minimum atomic E-state index is -0.146. The molecule has 0 aliphatic carbocycles. The minimum Gasteiger partial charge on any atom is -0.207 e. The van der Waals surface area contributed by atoms with Crippen LogP contribution in [0, 0.1) is 5.82 Å². The summed E-state index contributed by atoms with van der Waals surface area (Å²) in [5.74, 6) is -0.146. The fourth-order valence-electron chi connectivity index (χ4n) is 1.33. The maximum atomic E-state index is 12.8. The first kappa shape index (κ1) is 7.74. The zero-order valence-electron chi connectivity index (χ0n) is 6.80. The summed E-state index contributed by atoms with van der Waals surface area (Å²) in [6.45, 7) is 2.12. The highest BCUT2D eigenvalue weighted by molar-refractivity contribution is 7.17. The normalized spacial score (nSPS) is 10.8. The molecule has 0 fully saturated rings. The Hall–Kier alpha value is -0.890. The van der Waals surface area contributed by atoms with Gasteiger partial charge in [0.2, 0.25) is 0 Å². The van der Waals surface area contributed by atoms with Gasteiger partial charge in [-0.3, -0.25) is 0 Å². The van der Waals surface area contributed by atoms with Crippen LogP contribution in [-0.2, 0) is 6.42 Å². The van der Waals surface area contributed by atoms with E-state index in [2.05, 4.69) is 12.3 Å². The molecule has 0 unspecified atom stereocenters. The standard InChI is InChI=1S/C10H9FS/c1-2-7-6-12-10-5-8(11)3-4-9(7)10/h3-6H,2H2,1H3. The minimum absolute atomic E-state index is 0.146. The highest BCUT2D eigenvalue weighted by Gasteiger charge is 2.02. The zero-order chi connectivity index (χ0) is 8.55. The number of aryl methyl sites for hydroxylation is 1. The predicted octanol–water partition coefficient (Wildman–Crippen LogP) is 3.60. The maximum absolute atomic E-state index is 12.8. The molecule has 2 aromatic rings. The van der Waals surface area contributed by atoms with E-state index in [-0.39, 0.29) is 5.82 Å². The van der Waals surface area contributed by atoms with Gasteiger partial charge in [0.25, 0.3) is 0 Å². The first-order chi connectivity index (χ1) is 5.81. The Morgan fingerprint density at radius 2 is 2.25 bits per heavy atom. The van der Waals surface area contributed by atoms with Crippen molar-refractivity contribution in [3.05, 3.63) is 35.0 Å². The second kappa shape index (κ2) is 2.87. The average molecular weight is 180 g/mol. The van der Waals surface area contributed by atoms with E-state index >= 15 is 0 Å². The fourth-order valence-corrected chi connectivity index (χ4v) is 2.40. The monoisotopic (exact) mass is 180 g/mol. The van der Waals surface area contributed by atoms with E-state index in [9.17, 15) is 4.39 Å². The van der Waals surface area contributed by atoms with Crippen LogP contribution < -0.4 is 0 Å². The molecule has 2 rings (SSSR count). The highest BCUT2D eigenvalue weighted by atomic mass is 32.1. The maximum Gasteiger partial charge on any atom is 0.124 e. The molecule has 62 valence electrons. The Morgan fingerprint density at radius 1 is 1.42 bits per heavy atom. The first-order valence-corrected chi connectivity index (χ1v) is 4.85. The Kier molecular flexibility index (Phi) is 1.85. The molecule has 0 radical (unpaired) electrons. The first-order valence-electron chi connectivity index (χ1n) is 3.97. The van der Waals surface area contributed by atoms with E-state index in [0.29, 0.717) is 0 Å². The van der Waals surface area contributed by atoms with Gasteiger partial charge in [0.1, 0.15) is 5.82 Å². The van der Waals surface area contributed by atoms with Crippen molar-refractivity contribution in [2.75, 3.05) is 0 Å². The summed E-state index contributed by atoms with van der Waals surface area (Å²) in [7, 11) is 0. The summed E-state index contributed by atoms with van der Waals surface area (Å²) >= 11 is 1.61. The van der Waals surface area contributed by atoms with Crippen LogP contribution in [0.25, 0.3) is 10.1 Å². The van der Waals surface area contributed by atoms with Gasteiger partial charge < -0.3 is 0 Å². The summed E-state index contributed by atoms with van der Waals surface area (Å²) in [4.78, 5) is 0. The van der Waals surface area contributed by atoms with Crippen LogP contribution in [0.5, 0.6) is 0 Å². The van der Waals surface area contributed by atoms with Gasteiger partial charge >= 0.3 is 0 Å². The Labute approximate surface area is 74.6 Å². The molecule has 0 nitrogen and oxygen atoms in total. The topological polar surface area (TPSA) is 0 Å². The third-order valence-electron chi connectivity index (χ3n) is 2.00. The number of rotatable bonds is 1. The number of hydrogen-bond acceptors (Lipinski definition) is 1. The van der Waals surface area contributed by atoms with Gasteiger partial charge in [-0.25, -0.2) is 4.39 Å². The molecule has 1 aromatic heterocycles. The summed E-state index contributed by atoms with van der Waals surface area (Å²) < 4.78 is 13.8. The van der Waals surface area contributed by atoms with Crippen molar-refractivity contribution in [1.29, 1.82) is 0 Å². The van der Waals surface area contributed by atoms with Crippen molar-refractivity contribution in [1.82, 2.24) is 0 Å². The summed E-state index contributed by atoms with van der Waals surface area (Å²) in [6.07, 6.45) is 1.02. The van der Waals surface area contributed by atoms with E-state index < -0.39 is 0 Å². The quantitative estimate of drug-likeness (QED) is 0.629. The molecule has 0 N–H and O–H groups in total. The third kappa shape index (κ3) is 1.12. The van der Waals surface area contributed by atoms with Gasteiger partial charge in [-0.05, 0) is 34.9 Å². The lowest BCUT2D eigenvalue weighted by Gasteiger charge is -1.92. The van der Waals surface area contributed by atoms with Crippen LogP contribution in [-0.4, -0.2) is 0 Å². The van der Waals surface area contributed by atoms with Crippen molar-refractivity contribution in [2.45, 2.75) is 13.3 Å². The van der Waals surface area contributed by atoms with Crippen molar-refractivity contribution in [3.63, 3.8) is 0 Å². The van der Waals surface area contributed by atoms with Gasteiger partial charge in [-0.1, -0.05) is 13.0 Å². The molecule has 0 atom stereocenters. The van der Waals surface area contributed by atoms with Gasteiger partial charge in [0.15, 0.2) is 0 Å². The molecular formula is C10H9FS. The molecule has 0 aliphatic heterocycles. The van der Waals surface area contributed by atoms with E-state index in [1.54, 1.807) is 17.4 Å². The Balaban J connectivity index is 2.73. The van der Waals surface area contributed by atoms with Crippen molar-refractivity contribution >= 4 is 21.4 Å². The molecule has 1 heterocycles. The SMILES string of the molecule is CCc1csc2cc(F)ccc12. The van der Waals surface area contributed by atoms with Gasteiger partial charge in [-0.2, -0.15) is 0 Å². The molecule has 0 saturated carbocycles. The van der Waals surface area contributed by atoms with Crippen LogP contribution in [0.3, 0.4) is 0 Å². The zero-order valence-corrected chi connectivity index (χ0v) is 7.62. The van der Waals surface area contributed by atoms with Crippen LogP contribution in [0.2, 0.25) is 0 Å². The number of fused-ring (bicyclic) bond motifs is 1.